The maximum absolute atomic E-state index is 12.4. The molecule has 2 aromatic carbocycles. The molecule has 26 heavy (non-hydrogen) atoms. The Hall–Kier alpha value is -2.38. The number of nitrogens with zero attached hydrogens (tertiary/aromatic N) is 1. The molecule has 1 amide bonds. The summed E-state index contributed by atoms with van der Waals surface area (Å²) in [6, 6.07) is 14.6. The summed E-state index contributed by atoms with van der Waals surface area (Å²) in [5, 5.41) is 2.86. The molecule has 140 valence electrons. The van der Waals surface area contributed by atoms with Crippen LogP contribution in [0.3, 0.4) is 0 Å². The third-order valence-corrected chi connectivity index (χ3v) is 5.44. The van der Waals surface area contributed by atoms with Crippen molar-refractivity contribution >= 4 is 21.6 Å². The normalized spacial score (nSPS) is 11.3. The molecule has 0 saturated heterocycles. The molecule has 2 rings (SSSR count). The van der Waals surface area contributed by atoms with Crippen molar-refractivity contribution in [3.8, 4) is 0 Å². The van der Waals surface area contributed by atoms with Crippen LogP contribution in [0.25, 0.3) is 0 Å². The summed E-state index contributed by atoms with van der Waals surface area (Å²) < 4.78 is 27.3. The van der Waals surface area contributed by atoms with E-state index in [1.807, 2.05) is 0 Å². The number of anilines is 1. The summed E-state index contributed by atoms with van der Waals surface area (Å²) in [4.78, 5) is 14.7. The Bertz CT molecular complexity index is 819. The van der Waals surface area contributed by atoms with Gasteiger partial charge in [-0.3, -0.25) is 9.52 Å². The van der Waals surface area contributed by atoms with Gasteiger partial charge >= 0.3 is 0 Å². The molecule has 2 N–H and O–H groups in total. The van der Waals surface area contributed by atoms with Crippen molar-refractivity contribution in [3.05, 3.63) is 60.2 Å². The van der Waals surface area contributed by atoms with Crippen LogP contribution in [-0.2, 0) is 10.0 Å². The lowest BCUT2D eigenvalue weighted by Gasteiger charge is -2.18. The van der Waals surface area contributed by atoms with E-state index in [-0.39, 0.29) is 10.8 Å². The minimum Gasteiger partial charge on any atom is -0.351 e. The van der Waals surface area contributed by atoms with Gasteiger partial charge in [0.05, 0.1) is 4.90 Å². The number of hydrogen-bond donors (Lipinski definition) is 2. The molecule has 0 fully saturated rings. The zero-order chi connectivity index (χ0) is 19.0. The second-order valence-electron chi connectivity index (χ2n) is 5.78. The van der Waals surface area contributed by atoms with Crippen molar-refractivity contribution in [1.29, 1.82) is 0 Å². The summed E-state index contributed by atoms with van der Waals surface area (Å²) in [6.45, 7) is 7.34. The molecule has 0 aromatic heterocycles. The Balaban J connectivity index is 2.02. The number of amides is 1. The fraction of sp³-hybridized carbons (Fsp3) is 0.316. The Labute approximate surface area is 155 Å². The highest BCUT2D eigenvalue weighted by Crippen LogP contribution is 2.17. The Morgan fingerprint density at radius 1 is 1.00 bits per heavy atom. The van der Waals surface area contributed by atoms with Gasteiger partial charge in [-0.25, -0.2) is 8.42 Å². The first kappa shape index (κ1) is 19.9. The van der Waals surface area contributed by atoms with Crippen LogP contribution in [0.5, 0.6) is 0 Å². The average molecular weight is 375 g/mol. The first-order valence-electron chi connectivity index (χ1n) is 8.64. The molecule has 0 radical (unpaired) electrons. The largest absolute Gasteiger partial charge is 0.351 e. The van der Waals surface area contributed by atoms with E-state index in [1.54, 1.807) is 36.4 Å². The SMILES string of the molecule is CCN(CC)CCNC(=O)c1cccc(NS(=O)(=O)c2ccccc2)c1. The number of benzene rings is 2. The molecule has 0 saturated carbocycles. The predicted molar refractivity (Wildman–Crippen MR) is 104 cm³/mol. The smallest absolute Gasteiger partial charge is 0.261 e. The van der Waals surface area contributed by atoms with Gasteiger partial charge in [0.1, 0.15) is 0 Å². The maximum atomic E-state index is 12.4. The van der Waals surface area contributed by atoms with E-state index in [0.29, 0.717) is 17.8 Å². The highest BCUT2D eigenvalue weighted by molar-refractivity contribution is 7.92. The fourth-order valence-electron chi connectivity index (χ4n) is 2.51. The van der Waals surface area contributed by atoms with Crippen LogP contribution in [-0.4, -0.2) is 45.4 Å². The van der Waals surface area contributed by atoms with Crippen molar-refractivity contribution in [1.82, 2.24) is 10.2 Å². The number of nitrogens with one attached hydrogen (secondary N) is 2. The number of carbonyl (C=O) groups excluding carboxylic acids is 1. The monoisotopic (exact) mass is 375 g/mol. The molecule has 0 unspecified atom stereocenters. The Morgan fingerprint density at radius 2 is 1.69 bits per heavy atom. The zero-order valence-electron chi connectivity index (χ0n) is 15.1. The summed E-state index contributed by atoms with van der Waals surface area (Å²) >= 11 is 0. The van der Waals surface area contributed by atoms with Crippen LogP contribution in [0.2, 0.25) is 0 Å². The molecule has 0 aliphatic carbocycles. The van der Waals surface area contributed by atoms with Gasteiger partial charge in [0.25, 0.3) is 15.9 Å². The summed E-state index contributed by atoms with van der Waals surface area (Å²) in [5.41, 5.74) is 0.767. The summed E-state index contributed by atoms with van der Waals surface area (Å²) in [7, 11) is -3.68. The average Bonchev–Trinajstić information content (AvgIpc) is 2.65. The van der Waals surface area contributed by atoms with Gasteiger partial charge in [-0.1, -0.05) is 38.1 Å². The molecule has 7 heteroatoms. The third-order valence-electron chi connectivity index (χ3n) is 4.04. The van der Waals surface area contributed by atoms with E-state index < -0.39 is 10.0 Å². The van der Waals surface area contributed by atoms with Gasteiger partial charge in [-0.2, -0.15) is 0 Å². The van der Waals surface area contributed by atoms with Crippen LogP contribution in [0, 0.1) is 0 Å². The van der Waals surface area contributed by atoms with E-state index >= 15 is 0 Å². The quantitative estimate of drug-likeness (QED) is 0.706. The van der Waals surface area contributed by atoms with Gasteiger partial charge in [-0.15, -0.1) is 0 Å². The Kier molecular flexibility index (Phi) is 7.17. The molecule has 6 nitrogen and oxygen atoms in total. The van der Waals surface area contributed by atoms with Crippen molar-refractivity contribution in [2.45, 2.75) is 18.7 Å². The molecule has 0 atom stereocenters. The van der Waals surface area contributed by atoms with E-state index in [1.165, 1.54) is 18.2 Å². The lowest BCUT2D eigenvalue weighted by Crippen LogP contribution is -2.34. The number of hydrogen-bond acceptors (Lipinski definition) is 4. The maximum Gasteiger partial charge on any atom is 0.261 e. The molecule has 0 aliphatic heterocycles. The van der Waals surface area contributed by atoms with Crippen molar-refractivity contribution in [2.24, 2.45) is 0 Å². The highest BCUT2D eigenvalue weighted by Gasteiger charge is 2.14. The second-order valence-corrected chi connectivity index (χ2v) is 7.46. The molecular formula is C19H25N3O3S. The Morgan fingerprint density at radius 3 is 2.35 bits per heavy atom. The van der Waals surface area contributed by atoms with Crippen LogP contribution in [0.1, 0.15) is 24.2 Å². The van der Waals surface area contributed by atoms with Crippen molar-refractivity contribution < 1.29 is 13.2 Å². The van der Waals surface area contributed by atoms with E-state index in [4.69, 9.17) is 0 Å². The van der Waals surface area contributed by atoms with Gasteiger partial charge in [0.2, 0.25) is 0 Å². The van der Waals surface area contributed by atoms with Crippen molar-refractivity contribution in [2.75, 3.05) is 30.9 Å². The molecule has 0 spiro atoms. The first-order chi connectivity index (χ1) is 12.5. The van der Waals surface area contributed by atoms with Crippen LogP contribution in [0.15, 0.2) is 59.5 Å². The minimum atomic E-state index is -3.68. The minimum absolute atomic E-state index is 0.175. The third kappa shape index (κ3) is 5.57. The zero-order valence-corrected chi connectivity index (χ0v) is 15.9. The lowest BCUT2D eigenvalue weighted by atomic mass is 10.2. The number of sulfonamides is 1. The van der Waals surface area contributed by atoms with E-state index in [9.17, 15) is 13.2 Å². The van der Waals surface area contributed by atoms with E-state index in [0.717, 1.165) is 19.6 Å². The van der Waals surface area contributed by atoms with Crippen molar-refractivity contribution in [3.63, 3.8) is 0 Å². The van der Waals surface area contributed by atoms with Gasteiger partial charge < -0.3 is 10.2 Å². The molecule has 0 aliphatic rings. The van der Waals surface area contributed by atoms with Crippen LogP contribution >= 0.6 is 0 Å². The number of carbonyl (C=O) groups is 1. The summed E-state index contributed by atoms with van der Waals surface area (Å²) in [5.74, 6) is -0.224. The molecule has 0 bridgehead atoms. The van der Waals surface area contributed by atoms with Gasteiger partial charge in [0, 0.05) is 24.3 Å². The summed E-state index contributed by atoms with van der Waals surface area (Å²) in [6.07, 6.45) is 0. The molecular weight excluding hydrogens is 350 g/mol. The topological polar surface area (TPSA) is 78.5 Å². The standard InChI is InChI=1S/C19H25N3O3S/c1-3-22(4-2)14-13-20-19(23)16-9-8-10-17(15-16)21-26(24,25)18-11-6-5-7-12-18/h5-12,15,21H,3-4,13-14H2,1-2H3,(H,20,23). The highest BCUT2D eigenvalue weighted by atomic mass is 32.2. The number of rotatable bonds is 9. The van der Waals surface area contributed by atoms with Gasteiger partial charge in [0.15, 0.2) is 0 Å². The van der Waals surface area contributed by atoms with Gasteiger partial charge in [-0.05, 0) is 43.4 Å². The second kappa shape index (κ2) is 9.35. The van der Waals surface area contributed by atoms with Crippen LogP contribution < -0.4 is 10.0 Å². The molecule has 0 heterocycles. The van der Waals surface area contributed by atoms with E-state index in [2.05, 4.69) is 28.8 Å². The number of likely N-dealkylation sites (N-methyl/N-ethyl adjacent to an activating group) is 1. The molecule has 2 aromatic rings. The van der Waals surface area contributed by atoms with Crippen LogP contribution in [0.4, 0.5) is 5.69 Å². The lowest BCUT2D eigenvalue weighted by molar-refractivity contribution is 0.0949. The first-order valence-corrected chi connectivity index (χ1v) is 10.1. The predicted octanol–water partition coefficient (Wildman–Crippen LogP) is 2.56. The fourth-order valence-corrected chi connectivity index (χ4v) is 3.58.